The molecule has 0 spiro atoms. The molecule has 1 aliphatic heterocycles. The summed E-state index contributed by atoms with van der Waals surface area (Å²) < 4.78 is 20.2. The number of carbonyl (C=O) groups is 1. The van der Waals surface area contributed by atoms with E-state index in [-0.39, 0.29) is 24.1 Å². The van der Waals surface area contributed by atoms with E-state index < -0.39 is 0 Å². The van der Waals surface area contributed by atoms with Crippen molar-refractivity contribution in [1.82, 2.24) is 9.88 Å². The smallest absolute Gasteiger partial charge is 0.260 e. The van der Waals surface area contributed by atoms with Crippen LogP contribution < -0.4 is 4.90 Å². The van der Waals surface area contributed by atoms with Gasteiger partial charge in [-0.1, -0.05) is 35.6 Å². The van der Waals surface area contributed by atoms with Gasteiger partial charge in [-0.05, 0) is 30.7 Å². The van der Waals surface area contributed by atoms with Gasteiger partial charge in [-0.3, -0.25) is 14.6 Å². The zero-order valence-electron chi connectivity index (χ0n) is 15.9. The number of ether oxygens (including phenoxy) is 1. The van der Waals surface area contributed by atoms with Gasteiger partial charge in [0.1, 0.15) is 11.3 Å². The van der Waals surface area contributed by atoms with E-state index in [4.69, 9.17) is 4.74 Å². The molecule has 1 amide bonds. The van der Waals surface area contributed by atoms with Gasteiger partial charge >= 0.3 is 0 Å². The summed E-state index contributed by atoms with van der Waals surface area (Å²) in [6.45, 7) is 4.76. The van der Waals surface area contributed by atoms with Crippen LogP contribution in [0.1, 0.15) is 16.8 Å². The van der Waals surface area contributed by atoms with Gasteiger partial charge in [-0.15, -0.1) is 12.4 Å². The first kappa shape index (κ1) is 21.6. The number of amides is 1. The number of rotatable bonds is 6. The lowest BCUT2D eigenvalue weighted by atomic mass is 10.2. The standard InChI is InChI=1S/C21H22FN3O2S.ClH/c22-17-8-4-9-18-19(17)23-21(28-18)25(20(26)16-6-2-1-3-7-16)11-5-10-24-12-14-27-15-13-24;/h1-4,6-9H,5,10-15H2;1H. The first-order valence-corrected chi connectivity index (χ1v) is 10.3. The Hall–Kier alpha value is -2.06. The van der Waals surface area contributed by atoms with Gasteiger partial charge in [0.25, 0.3) is 5.91 Å². The summed E-state index contributed by atoms with van der Waals surface area (Å²) in [6, 6.07) is 14.1. The van der Waals surface area contributed by atoms with Gasteiger partial charge in [0, 0.05) is 31.7 Å². The van der Waals surface area contributed by atoms with E-state index in [9.17, 15) is 9.18 Å². The second kappa shape index (κ2) is 10.1. The lowest BCUT2D eigenvalue weighted by Crippen LogP contribution is -2.39. The van der Waals surface area contributed by atoms with Crippen LogP contribution in [0.25, 0.3) is 10.2 Å². The molecular formula is C21H23ClFN3O2S. The van der Waals surface area contributed by atoms with Gasteiger partial charge in [-0.2, -0.15) is 0 Å². The summed E-state index contributed by atoms with van der Waals surface area (Å²) >= 11 is 1.35. The summed E-state index contributed by atoms with van der Waals surface area (Å²) in [4.78, 5) is 21.6. The van der Waals surface area contributed by atoms with Crippen molar-refractivity contribution in [2.75, 3.05) is 44.3 Å². The quantitative estimate of drug-likeness (QED) is 0.581. The van der Waals surface area contributed by atoms with Crippen molar-refractivity contribution in [3.8, 4) is 0 Å². The average molecular weight is 436 g/mol. The molecule has 5 nitrogen and oxygen atoms in total. The number of halogens is 2. The fraction of sp³-hybridized carbons (Fsp3) is 0.333. The third-order valence-corrected chi connectivity index (χ3v) is 5.86. The third-order valence-electron chi connectivity index (χ3n) is 4.82. The minimum absolute atomic E-state index is 0. The minimum Gasteiger partial charge on any atom is -0.379 e. The predicted octanol–water partition coefficient (Wildman–Crippen LogP) is 4.23. The topological polar surface area (TPSA) is 45.7 Å². The Labute approximate surface area is 179 Å². The van der Waals surface area contributed by atoms with E-state index in [2.05, 4.69) is 9.88 Å². The lowest BCUT2D eigenvalue weighted by Gasteiger charge is -2.27. The Kier molecular flexibility index (Phi) is 7.55. The first-order valence-electron chi connectivity index (χ1n) is 9.44. The average Bonchev–Trinajstić information content (AvgIpc) is 3.17. The number of hydrogen-bond donors (Lipinski definition) is 0. The molecule has 0 bridgehead atoms. The van der Waals surface area contributed by atoms with Gasteiger partial charge in [0.15, 0.2) is 5.13 Å². The molecule has 1 aliphatic rings. The number of hydrogen-bond acceptors (Lipinski definition) is 5. The molecule has 0 unspecified atom stereocenters. The Bertz CT molecular complexity index is 948. The molecule has 2 heterocycles. The molecule has 0 radical (unpaired) electrons. The number of thiazole rings is 1. The minimum atomic E-state index is -0.361. The van der Waals surface area contributed by atoms with Crippen LogP contribution in [0.4, 0.5) is 9.52 Å². The number of aromatic nitrogens is 1. The molecule has 1 saturated heterocycles. The maximum absolute atomic E-state index is 14.1. The number of anilines is 1. The van der Waals surface area contributed by atoms with E-state index in [0.29, 0.717) is 22.8 Å². The SMILES string of the molecule is Cl.O=C(c1ccccc1)N(CCCN1CCOCC1)c1nc2c(F)cccc2s1. The Morgan fingerprint density at radius 2 is 1.90 bits per heavy atom. The van der Waals surface area contributed by atoms with E-state index in [1.165, 1.54) is 17.4 Å². The second-order valence-corrected chi connectivity index (χ2v) is 7.72. The highest BCUT2D eigenvalue weighted by Crippen LogP contribution is 2.31. The van der Waals surface area contributed by atoms with Gasteiger partial charge in [-0.25, -0.2) is 9.37 Å². The van der Waals surface area contributed by atoms with Crippen molar-refractivity contribution in [1.29, 1.82) is 0 Å². The summed E-state index contributed by atoms with van der Waals surface area (Å²) in [5.74, 6) is -0.470. The molecule has 2 aromatic carbocycles. The molecule has 0 atom stereocenters. The second-order valence-electron chi connectivity index (χ2n) is 6.71. The zero-order valence-corrected chi connectivity index (χ0v) is 17.6. The van der Waals surface area contributed by atoms with E-state index in [0.717, 1.165) is 44.0 Å². The van der Waals surface area contributed by atoms with Crippen molar-refractivity contribution >= 4 is 45.0 Å². The number of fused-ring (bicyclic) bond motifs is 1. The molecule has 154 valence electrons. The van der Waals surface area contributed by atoms with Crippen LogP contribution in [0.3, 0.4) is 0 Å². The molecule has 29 heavy (non-hydrogen) atoms. The maximum Gasteiger partial charge on any atom is 0.260 e. The molecule has 0 aliphatic carbocycles. The zero-order chi connectivity index (χ0) is 19.3. The van der Waals surface area contributed by atoms with Crippen molar-refractivity contribution in [3.05, 3.63) is 59.9 Å². The Balaban J connectivity index is 0.00000240. The van der Waals surface area contributed by atoms with Gasteiger partial charge in [0.05, 0.1) is 17.9 Å². The Morgan fingerprint density at radius 1 is 1.14 bits per heavy atom. The molecule has 0 N–H and O–H groups in total. The molecular weight excluding hydrogens is 413 g/mol. The van der Waals surface area contributed by atoms with Crippen LogP contribution in [0.5, 0.6) is 0 Å². The summed E-state index contributed by atoms with van der Waals surface area (Å²) in [6.07, 6.45) is 0.816. The molecule has 1 aromatic heterocycles. The van der Waals surface area contributed by atoms with Crippen LogP contribution in [0.15, 0.2) is 48.5 Å². The number of nitrogens with zero attached hydrogens (tertiary/aromatic N) is 3. The lowest BCUT2D eigenvalue weighted by molar-refractivity contribution is 0.0376. The normalized spacial score (nSPS) is 14.5. The van der Waals surface area contributed by atoms with Crippen LogP contribution >= 0.6 is 23.7 Å². The van der Waals surface area contributed by atoms with Crippen LogP contribution in [0.2, 0.25) is 0 Å². The monoisotopic (exact) mass is 435 g/mol. The van der Waals surface area contributed by atoms with Gasteiger partial charge in [0.2, 0.25) is 0 Å². The van der Waals surface area contributed by atoms with Crippen molar-refractivity contribution in [2.24, 2.45) is 0 Å². The fourth-order valence-electron chi connectivity index (χ4n) is 3.32. The number of para-hydroxylation sites is 1. The first-order chi connectivity index (χ1) is 13.7. The fourth-order valence-corrected chi connectivity index (χ4v) is 4.32. The molecule has 0 saturated carbocycles. The van der Waals surface area contributed by atoms with Crippen molar-refractivity contribution < 1.29 is 13.9 Å². The maximum atomic E-state index is 14.1. The Morgan fingerprint density at radius 3 is 2.62 bits per heavy atom. The molecule has 3 aromatic rings. The van der Waals surface area contributed by atoms with E-state index >= 15 is 0 Å². The molecule has 1 fully saturated rings. The third kappa shape index (κ3) is 5.11. The highest BCUT2D eigenvalue weighted by Gasteiger charge is 2.22. The number of carbonyl (C=O) groups excluding carboxylic acids is 1. The van der Waals surface area contributed by atoms with Crippen molar-refractivity contribution in [3.63, 3.8) is 0 Å². The van der Waals surface area contributed by atoms with Gasteiger partial charge < -0.3 is 4.74 Å². The summed E-state index contributed by atoms with van der Waals surface area (Å²) in [5, 5.41) is 0.538. The predicted molar refractivity (Wildman–Crippen MR) is 117 cm³/mol. The molecule has 8 heteroatoms. The van der Waals surface area contributed by atoms with E-state index in [1.807, 2.05) is 24.3 Å². The number of benzene rings is 2. The van der Waals surface area contributed by atoms with Crippen LogP contribution in [-0.4, -0.2) is 55.2 Å². The van der Waals surface area contributed by atoms with E-state index in [1.54, 1.807) is 23.1 Å². The highest BCUT2D eigenvalue weighted by atomic mass is 35.5. The van der Waals surface area contributed by atoms with Crippen LogP contribution in [0, 0.1) is 5.82 Å². The van der Waals surface area contributed by atoms with Crippen molar-refractivity contribution in [2.45, 2.75) is 6.42 Å². The summed E-state index contributed by atoms with van der Waals surface area (Å²) in [5.41, 5.74) is 0.926. The highest BCUT2D eigenvalue weighted by molar-refractivity contribution is 7.22. The molecule has 4 rings (SSSR count). The largest absolute Gasteiger partial charge is 0.379 e. The summed E-state index contributed by atoms with van der Waals surface area (Å²) in [7, 11) is 0. The number of morpholine rings is 1. The van der Waals surface area contributed by atoms with Crippen LogP contribution in [-0.2, 0) is 4.74 Å².